The van der Waals surface area contributed by atoms with Crippen molar-refractivity contribution < 1.29 is 9.53 Å². The van der Waals surface area contributed by atoms with Crippen LogP contribution in [0, 0.1) is 0 Å². The van der Waals surface area contributed by atoms with E-state index < -0.39 is 0 Å². The van der Waals surface area contributed by atoms with Crippen molar-refractivity contribution in [2.24, 2.45) is 0 Å². The maximum atomic E-state index is 11.7. The zero-order chi connectivity index (χ0) is 14.8. The van der Waals surface area contributed by atoms with Crippen LogP contribution in [0.2, 0.25) is 0 Å². The summed E-state index contributed by atoms with van der Waals surface area (Å²) in [5.41, 5.74) is 2.00. The molecule has 5 heteroatoms. The first-order chi connectivity index (χ1) is 10.1. The lowest BCUT2D eigenvalue weighted by molar-refractivity contribution is -0.00521. The van der Waals surface area contributed by atoms with E-state index in [1.54, 1.807) is 0 Å². The lowest BCUT2D eigenvalue weighted by Gasteiger charge is -2.36. The zero-order valence-corrected chi connectivity index (χ0v) is 12.6. The van der Waals surface area contributed by atoms with Crippen LogP contribution >= 0.6 is 0 Å². The lowest BCUT2D eigenvalue weighted by Crippen LogP contribution is -2.45. The fourth-order valence-corrected chi connectivity index (χ4v) is 2.72. The van der Waals surface area contributed by atoms with Gasteiger partial charge in [-0.3, -0.25) is 0 Å². The highest BCUT2D eigenvalue weighted by Crippen LogP contribution is 2.23. The van der Waals surface area contributed by atoms with Gasteiger partial charge in [-0.15, -0.1) is 0 Å². The molecule has 0 aromatic heterocycles. The third kappa shape index (κ3) is 3.88. The predicted molar refractivity (Wildman–Crippen MR) is 83.8 cm³/mol. The molecule has 1 heterocycles. The molecule has 1 saturated heterocycles. The van der Waals surface area contributed by atoms with Crippen molar-refractivity contribution in [2.45, 2.75) is 44.9 Å². The first-order valence-corrected chi connectivity index (χ1v) is 7.68. The maximum absolute atomic E-state index is 11.7. The Morgan fingerprint density at radius 2 is 1.76 bits per heavy atom. The molecule has 1 aromatic carbocycles. The van der Waals surface area contributed by atoms with E-state index >= 15 is 0 Å². The number of morpholine rings is 1. The number of carbonyl (C=O) groups excluding carboxylic acids is 1. The van der Waals surface area contributed by atoms with Gasteiger partial charge in [-0.05, 0) is 51.0 Å². The van der Waals surface area contributed by atoms with E-state index in [2.05, 4.69) is 41.5 Å². The van der Waals surface area contributed by atoms with Crippen molar-refractivity contribution >= 4 is 17.4 Å². The summed E-state index contributed by atoms with van der Waals surface area (Å²) in [6.07, 6.45) is 2.69. The van der Waals surface area contributed by atoms with Crippen LogP contribution in [-0.2, 0) is 4.74 Å². The minimum Gasteiger partial charge on any atom is -0.372 e. The van der Waals surface area contributed by atoms with Crippen molar-refractivity contribution in [2.75, 3.05) is 23.3 Å². The number of nitrogens with one attached hydrogen (secondary N) is 2. The van der Waals surface area contributed by atoms with Crippen molar-refractivity contribution in [1.82, 2.24) is 5.32 Å². The molecule has 1 aliphatic heterocycles. The van der Waals surface area contributed by atoms with Gasteiger partial charge < -0.3 is 20.3 Å². The topological polar surface area (TPSA) is 53.6 Å². The molecule has 2 N–H and O–H groups in total. The number of hydrogen-bond acceptors (Lipinski definition) is 3. The molecule has 21 heavy (non-hydrogen) atoms. The molecule has 1 aliphatic carbocycles. The molecule has 0 bridgehead atoms. The van der Waals surface area contributed by atoms with Crippen LogP contribution in [0.3, 0.4) is 0 Å². The van der Waals surface area contributed by atoms with Crippen LogP contribution < -0.4 is 15.5 Å². The molecule has 2 unspecified atom stereocenters. The first-order valence-electron chi connectivity index (χ1n) is 7.68. The predicted octanol–water partition coefficient (Wildman–Crippen LogP) is 2.58. The van der Waals surface area contributed by atoms with E-state index in [4.69, 9.17) is 4.74 Å². The number of ether oxygens (including phenoxy) is 1. The Labute approximate surface area is 125 Å². The number of carbonyl (C=O) groups is 1. The summed E-state index contributed by atoms with van der Waals surface area (Å²) in [5, 5.41) is 5.78. The summed E-state index contributed by atoms with van der Waals surface area (Å²) in [7, 11) is 0. The second-order valence-corrected chi connectivity index (χ2v) is 6.08. The second kappa shape index (κ2) is 5.93. The van der Waals surface area contributed by atoms with E-state index in [9.17, 15) is 4.79 Å². The van der Waals surface area contributed by atoms with Gasteiger partial charge >= 0.3 is 6.03 Å². The fourth-order valence-electron chi connectivity index (χ4n) is 2.72. The van der Waals surface area contributed by atoms with Gasteiger partial charge in [0.15, 0.2) is 0 Å². The number of anilines is 2. The summed E-state index contributed by atoms with van der Waals surface area (Å²) in [5.74, 6) is 0. The molecule has 1 aromatic rings. The number of urea groups is 1. The first kappa shape index (κ1) is 14.2. The monoisotopic (exact) mass is 289 g/mol. The Morgan fingerprint density at radius 1 is 1.14 bits per heavy atom. The van der Waals surface area contributed by atoms with Gasteiger partial charge in [0, 0.05) is 30.5 Å². The Morgan fingerprint density at radius 3 is 2.33 bits per heavy atom. The highest BCUT2D eigenvalue weighted by atomic mass is 16.5. The largest absolute Gasteiger partial charge is 0.372 e. The number of nitrogens with zero attached hydrogens (tertiary/aromatic N) is 1. The molecular weight excluding hydrogens is 266 g/mol. The highest BCUT2D eigenvalue weighted by Gasteiger charge is 2.24. The summed E-state index contributed by atoms with van der Waals surface area (Å²) >= 11 is 0. The average Bonchev–Trinajstić information content (AvgIpc) is 3.22. The fraction of sp³-hybridized carbons (Fsp3) is 0.562. The van der Waals surface area contributed by atoms with Crippen LogP contribution in [-0.4, -0.2) is 37.4 Å². The van der Waals surface area contributed by atoms with Gasteiger partial charge in [0.25, 0.3) is 0 Å². The van der Waals surface area contributed by atoms with E-state index in [1.807, 2.05) is 12.1 Å². The molecular formula is C16H23N3O2. The summed E-state index contributed by atoms with van der Waals surface area (Å²) < 4.78 is 5.75. The van der Waals surface area contributed by atoms with Gasteiger partial charge in [-0.1, -0.05) is 0 Å². The van der Waals surface area contributed by atoms with Crippen LogP contribution in [0.1, 0.15) is 26.7 Å². The number of rotatable bonds is 3. The van der Waals surface area contributed by atoms with Gasteiger partial charge in [0.1, 0.15) is 0 Å². The summed E-state index contributed by atoms with van der Waals surface area (Å²) in [6, 6.07) is 8.27. The molecule has 114 valence electrons. The van der Waals surface area contributed by atoms with Crippen molar-refractivity contribution in [3.8, 4) is 0 Å². The van der Waals surface area contributed by atoms with Crippen LogP contribution in [0.4, 0.5) is 16.2 Å². The van der Waals surface area contributed by atoms with E-state index in [-0.39, 0.29) is 18.2 Å². The van der Waals surface area contributed by atoms with Crippen LogP contribution in [0.15, 0.2) is 24.3 Å². The molecule has 2 atom stereocenters. The minimum absolute atomic E-state index is 0.112. The molecule has 2 amide bonds. The lowest BCUT2D eigenvalue weighted by atomic mass is 10.2. The molecule has 0 radical (unpaired) electrons. The van der Waals surface area contributed by atoms with E-state index in [0.717, 1.165) is 31.6 Å². The van der Waals surface area contributed by atoms with E-state index in [1.165, 1.54) is 5.69 Å². The third-order valence-corrected chi connectivity index (χ3v) is 3.82. The van der Waals surface area contributed by atoms with Gasteiger partial charge in [-0.2, -0.15) is 0 Å². The summed E-state index contributed by atoms with van der Waals surface area (Å²) in [6.45, 7) is 6.00. The number of hydrogen-bond donors (Lipinski definition) is 2. The van der Waals surface area contributed by atoms with Crippen LogP contribution in [0.5, 0.6) is 0 Å². The normalized spacial score (nSPS) is 25.5. The molecule has 2 fully saturated rings. The molecule has 3 rings (SSSR count). The Kier molecular flexibility index (Phi) is 4.01. The van der Waals surface area contributed by atoms with Gasteiger partial charge in [0.2, 0.25) is 0 Å². The van der Waals surface area contributed by atoms with Crippen molar-refractivity contribution in [3.05, 3.63) is 24.3 Å². The van der Waals surface area contributed by atoms with E-state index in [0.29, 0.717) is 6.04 Å². The SMILES string of the molecule is CC1CN(c2ccc(NC(=O)NC3CC3)cc2)CC(C)O1. The number of amides is 2. The molecule has 2 aliphatic rings. The van der Waals surface area contributed by atoms with Crippen LogP contribution in [0.25, 0.3) is 0 Å². The van der Waals surface area contributed by atoms with Gasteiger partial charge in [-0.25, -0.2) is 4.79 Å². The molecule has 0 spiro atoms. The van der Waals surface area contributed by atoms with Crippen molar-refractivity contribution in [1.29, 1.82) is 0 Å². The maximum Gasteiger partial charge on any atom is 0.319 e. The van der Waals surface area contributed by atoms with Crippen molar-refractivity contribution in [3.63, 3.8) is 0 Å². The average molecular weight is 289 g/mol. The molecule has 1 saturated carbocycles. The standard InChI is InChI=1S/C16H23N3O2/c1-11-9-19(10-12(2)21-11)15-7-5-14(6-8-15)18-16(20)17-13-3-4-13/h5-8,11-13H,3-4,9-10H2,1-2H3,(H2,17,18,20). The van der Waals surface area contributed by atoms with Gasteiger partial charge in [0.05, 0.1) is 12.2 Å². The number of benzene rings is 1. The quantitative estimate of drug-likeness (QED) is 0.899. The minimum atomic E-state index is -0.112. The third-order valence-electron chi connectivity index (χ3n) is 3.82. The summed E-state index contributed by atoms with van der Waals surface area (Å²) in [4.78, 5) is 14.0. The smallest absolute Gasteiger partial charge is 0.319 e. The Balaban J connectivity index is 1.59. The highest BCUT2D eigenvalue weighted by molar-refractivity contribution is 5.89. The molecule has 5 nitrogen and oxygen atoms in total. The zero-order valence-electron chi connectivity index (χ0n) is 12.6. The Bertz CT molecular complexity index is 489. The Hall–Kier alpha value is -1.75. The second-order valence-electron chi connectivity index (χ2n) is 6.08.